The summed E-state index contributed by atoms with van der Waals surface area (Å²) in [5.41, 5.74) is 0. The molecule has 106 valence electrons. The Morgan fingerprint density at radius 3 is 2.33 bits per heavy atom. The molecule has 0 N–H and O–H groups in total. The SMILES string of the molecule is COC(C)C(=O)N1CCC(CN(C)C(C)C)CC1. The number of nitrogens with zero attached hydrogens (tertiary/aromatic N) is 2. The second kappa shape index (κ2) is 7.10. The number of methoxy groups -OCH3 is 1. The van der Waals surface area contributed by atoms with Gasteiger partial charge in [0.15, 0.2) is 0 Å². The number of hydrogen-bond acceptors (Lipinski definition) is 3. The fourth-order valence-electron chi connectivity index (χ4n) is 2.31. The Labute approximate surface area is 111 Å². The van der Waals surface area contributed by atoms with E-state index in [1.807, 2.05) is 11.8 Å². The fourth-order valence-corrected chi connectivity index (χ4v) is 2.31. The first-order valence-electron chi connectivity index (χ1n) is 6.97. The van der Waals surface area contributed by atoms with Crippen LogP contribution in [0.3, 0.4) is 0 Å². The Hall–Kier alpha value is -0.610. The van der Waals surface area contributed by atoms with Crippen LogP contribution in [-0.4, -0.2) is 61.6 Å². The average Bonchev–Trinajstić information content (AvgIpc) is 2.37. The summed E-state index contributed by atoms with van der Waals surface area (Å²) in [7, 11) is 3.77. The van der Waals surface area contributed by atoms with Crippen LogP contribution in [0.15, 0.2) is 0 Å². The number of likely N-dealkylation sites (tertiary alicyclic amines) is 1. The zero-order valence-electron chi connectivity index (χ0n) is 12.5. The molecular formula is C14H28N2O2. The normalized spacial score (nSPS) is 19.6. The van der Waals surface area contributed by atoms with Gasteiger partial charge < -0.3 is 14.5 Å². The summed E-state index contributed by atoms with van der Waals surface area (Å²) >= 11 is 0. The van der Waals surface area contributed by atoms with Crippen molar-refractivity contribution in [3.05, 3.63) is 0 Å². The summed E-state index contributed by atoms with van der Waals surface area (Å²) in [5.74, 6) is 0.854. The third-order valence-electron chi connectivity index (χ3n) is 4.06. The molecule has 1 rings (SSSR count). The minimum atomic E-state index is -0.306. The van der Waals surface area contributed by atoms with Crippen LogP contribution < -0.4 is 0 Å². The topological polar surface area (TPSA) is 32.8 Å². The number of carbonyl (C=O) groups excluding carboxylic acids is 1. The molecule has 0 aromatic rings. The van der Waals surface area contributed by atoms with E-state index in [2.05, 4.69) is 25.8 Å². The van der Waals surface area contributed by atoms with Crippen molar-refractivity contribution in [2.45, 2.75) is 45.8 Å². The van der Waals surface area contributed by atoms with Crippen molar-refractivity contribution in [2.24, 2.45) is 5.92 Å². The van der Waals surface area contributed by atoms with Gasteiger partial charge in [0.05, 0.1) is 0 Å². The quantitative estimate of drug-likeness (QED) is 0.749. The molecule has 1 unspecified atom stereocenters. The van der Waals surface area contributed by atoms with Crippen LogP contribution in [0.25, 0.3) is 0 Å². The van der Waals surface area contributed by atoms with Gasteiger partial charge in [0, 0.05) is 32.8 Å². The predicted octanol–water partition coefficient (Wildman–Crippen LogP) is 1.60. The molecule has 1 amide bonds. The smallest absolute Gasteiger partial charge is 0.251 e. The first-order valence-corrected chi connectivity index (χ1v) is 6.97. The van der Waals surface area contributed by atoms with Crippen molar-refractivity contribution in [1.82, 2.24) is 9.80 Å². The van der Waals surface area contributed by atoms with E-state index in [1.54, 1.807) is 7.11 Å². The van der Waals surface area contributed by atoms with Gasteiger partial charge in [-0.05, 0) is 46.6 Å². The standard InChI is InChI=1S/C14H28N2O2/c1-11(2)15(4)10-13-6-8-16(9-7-13)14(17)12(3)18-5/h11-13H,6-10H2,1-5H3. The van der Waals surface area contributed by atoms with Crippen LogP contribution in [0.4, 0.5) is 0 Å². The lowest BCUT2D eigenvalue weighted by Gasteiger charge is -2.35. The van der Waals surface area contributed by atoms with Crippen molar-refractivity contribution in [1.29, 1.82) is 0 Å². The third-order valence-corrected chi connectivity index (χ3v) is 4.06. The summed E-state index contributed by atoms with van der Waals surface area (Å²) in [6.45, 7) is 9.16. The first-order chi connectivity index (χ1) is 8.45. The Kier molecular flexibility index (Phi) is 6.09. The van der Waals surface area contributed by atoms with Crippen molar-refractivity contribution >= 4 is 5.91 Å². The Bertz CT molecular complexity index is 261. The molecule has 1 heterocycles. The lowest BCUT2D eigenvalue weighted by molar-refractivity contribution is -0.142. The highest BCUT2D eigenvalue weighted by atomic mass is 16.5. The monoisotopic (exact) mass is 256 g/mol. The van der Waals surface area contributed by atoms with Crippen LogP contribution in [0.1, 0.15) is 33.6 Å². The molecule has 0 aromatic carbocycles. The molecule has 4 heteroatoms. The Morgan fingerprint density at radius 1 is 1.33 bits per heavy atom. The van der Waals surface area contributed by atoms with Gasteiger partial charge in [-0.1, -0.05) is 0 Å². The third kappa shape index (κ3) is 4.25. The minimum Gasteiger partial charge on any atom is -0.372 e. The van der Waals surface area contributed by atoms with E-state index in [0.717, 1.165) is 38.4 Å². The van der Waals surface area contributed by atoms with Crippen LogP contribution in [0.5, 0.6) is 0 Å². The molecule has 0 bridgehead atoms. The van der Waals surface area contributed by atoms with Crippen LogP contribution >= 0.6 is 0 Å². The van der Waals surface area contributed by atoms with Crippen LogP contribution in [0.2, 0.25) is 0 Å². The van der Waals surface area contributed by atoms with Crippen LogP contribution in [0, 0.1) is 5.92 Å². The number of amides is 1. The maximum Gasteiger partial charge on any atom is 0.251 e. The highest BCUT2D eigenvalue weighted by Crippen LogP contribution is 2.19. The maximum atomic E-state index is 12.0. The molecule has 1 aliphatic heterocycles. The van der Waals surface area contributed by atoms with Crippen molar-refractivity contribution in [2.75, 3.05) is 33.8 Å². The Balaban J connectivity index is 2.35. The minimum absolute atomic E-state index is 0.133. The molecule has 1 saturated heterocycles. The van der Waals surface area contributed by atoms with E-state index in [-0.39, 0.29) is 12.0 Å². The summed E-state index contributed by atoms with van der Waals surface area (Å²) in [5, 5.41) is 0. The van der Waals surface area contributed by atoms with E-state index in [4.69, 9.17) is 4.74 Å². The lowest BCUT2D eigenvalue weighted by atomic mass is 9.95. The largest absolute Gasteiger partial charge is 0.372 e. The summed E-state index contributed by atoms with van der Waals surface area (Å²) in [6, 6.07) is 0.596. The van der Waals surface area contributed by atoms with E-state index < -0.39 is 0 Å². The fraction of sp³-hybridized carbons (Fsp3) is 0.929. The van der Waals surface area contributed by atoms with Gasteiger partial charge in [-0.15, -0.1) is 0 Å². The molecule has 0 aliphatic carbocycles. The summed E-state index contributed by atoms with van der Waals surface area (Å²) < 4.78 is 5.09. The summed E-state index contributed by atoms with van der Waals surface area (Å²) in [4.78, 5) is 16.3. The van der Waals surface area contributed by atoms with E-state index in [1.165, 1.54) is 0 Å². The lowest BCUT2D eigenvalue weighted by Crippen LogP contribution is -2.45. The van der Waals surface area contributed by atoms with Crippen molar-refractivity contribution in [3.8, 4) is 0 Å². The molecule has 0 spiro atoms. The molecular weight excluding hydrogens is 228 g/mol. The molecule has 0 aromatic heterocycles. The van der Waals surface area contributed by atoms with Gasteiger partial charge >= 0.3 is 0 Å². The van der Waals surface area contributed by atoms with Crippen LogP contribution in [-0.2, 0) is 9.53 Å². The molecule has 0 saturated carbocycles. The predicted molar refractivity (Wildman–Crippen MR) is 73.5 cm³/mol. The van der Waals surface area contributed by atoms with E-state index in [0.29, 0.717) is 6.04 Å². The summed E-state index contributed by atoms with van der Waals surface area (Å²) in [6.07, 6.45) is 1.92. The molecule has 1 fully saturated rings. The molecule has 18 heavy (non-hydrogen) atoms. The number of ether oxygens (including phenoxy) is 1. The zero-order chi connectivity index (χ0) is 13.7. The van der Waals surface area contributed by atoms with Gasteiger partial charge in [-0.3, -0.25) is 4.79 Å². The van der Waals surface area contributed by atoms with Crippen molar-refractivity contribution in [3.63, 3.8) is 0 Å². The number of rotatable bonds is 5. The van der Waals surface area contributed by atoms with E-state index in [9.17, 15) is 4.79 Å². The Morgan fingerprint density at radius 2 is 1.89 bits per heavy atom. The van der Waals surface area contributed by atoms with Crippen molar-refractivity contribution < 1.29 is 9.53 Å². The average molecular weight is 256 g/mol. The molecule has 0 radical (unpaired) electrons. The highest BCUT2D eigenvalue weighted by molar-refractivity contribution is 5.80. The van der Waals surface area contributed by atoms with Gasteiger partial charge in [0.1, 0.15) is 6.10 Å². The van der Waals surface area contributed by atoms with Gasteiger partial charge in [0.25, 0.3) is 5.91 Å². The second-order valence-electron chi connectivity index (χ2n) is 5.68. The van der Waals surface area contributed by atoms with Gasteiger partial charge in [-0.25, -0.2) is 0 Å². The first kappa shape index (κ1) is 15.4. The maximum absolute atomic E-state index is 12.0. The van der Waals surface area contributed by atoms with Gasteiger partial charge in [0.2, 0.25) is 0 Å². The number of piperidine rings is 1. The molecule has 4 nitrogen and oxygen atoms in total. The second-order valence-corrected chi connectivity index (χ2v) is 5.68. The van der Waals surface area contributed by atoms with E-state index >= 15 is 0 Å². The van der Waals surface area contributed by atoms with Gasteiger partial charge in [-0.2, -0.15) is 0 Å². The number of carbonyl (C=O) groups is 1. The highest BCUT2D eigenvalue weighted by Gasteiger charge is 2.26. The number of hydrogen-bond donors (Lipinski definition) is 0. The molecule has 1 aliphatic rings. The molecule has 1 atom stereocenters. The zero-order valence-corrected chi connectivity index (χ0v) is 12.5.